The SMILES string of the molecule is CC(C)CN1C(=O)N=C(N)C12CCCCC2C(C)C. The van der Waals surface area contributed by atoms with E-state index in [2.05, 4.69) is 32.7 Å². The van der Waals surface area contributed by atoms with Gasteiger partial charge in [0.25, 0.3) is 0 Å². The van der Waals surface area contributed by atoms with Gasteiger partial charge in [-0.15, -0.1) is 0 Å². The van der Waals surface area contributed by atoms with Crippen LogP contribution in [-0.4, -0.2) is 28.9 Å². The molecule has 1 saturated carbocycles. The Labute approximate surface area is 116 Å². The Bertz CT molecular complexity index is 389. The van der Waals surface area contributed by atoms with Crippen LogP contribution >= 0.6 is 0 Å². The number of nitrogens with two attached hydrogens (primary N) is 1. The van der Waals surface area contributed by atoms with Crippen LogP contribution in [0.25, 0.3) is 0 Å². The molecule has 1 aliphatic carbocycles. The number of nitrogens with zero attached hydrogens (tertiary/aromatic N) is 2. The molecule has 0 aromatic rings. The monoisotopic (exact) mass is 265 g/mol. The van der Waals surface area contributed by atoms with Crippen LogP contribution in [0.4, 0.5) is 4.79 Å². The molecule has 0 bridgehead atoms. The molecule has 1 spiro atoms. The Hall–Kier alpha value is -1.06. The van der Waals surface area contributed by atoms with Gasteiger partial charge in [-0.25, -0.2) is 4.79 Å². The largest absolute Gasteiger partial charge is 0.385 e. The first kappa shape index (κ1) is 14.4. The summed E-state index contributed by atoms with van der Waals surface area (Å²) in [7, 11) is 0. The summed E-state index contributed by atoms with van der Waals surface area (Å²) in [5, 5.41) is 0. The van der Waals surface area contributed by atoms with E-state index in [9.17, 15) is 4.79 Å². The fourth-order valence-corrected chi connectivity index (χ4v) is 3.90. The fraction of sp³-hybridized carbons (Fsp3) is 0.867. The smallest absolute Gasteiger partial charge is 0.346 e. The van der Waals surface area contributed by atoms with E-state index in [4.69, 9.17) is 5.73 Å². The van der Waals surface area contributed by atoms with Gasteiger partial charge in [-0.3, -0.25) is 0 Å². The number of amidine groups is 1. The number of urea groups is 1. The van der Waals surface area contributed by atoms with E-state index in [1.807, 2.05) is 4.90 Å². The Morgan fingerprint density at radius 3 is 2.63 bits per heavy atom. The average molecular weight is 265 g/mol. The van der Waals surface area contributed by atoms with Crippen molar-refractivity contribution in [2.24, 2.45) is 28.5 Å². The molecule has 4 nitrogen and oxygen atoms in total. The second-order valence-electron chi connectivity index (χ2n) is 6.80. The molecular formula is C15H27N3O. The maximum absolute atomic E-state index is 12.2. The molecule has 2 atom stereocenters. The maximum atomic E-state index is 12.2. The highest BCUT2D eigenvalue weighted by Crippen LogP contribution is 2.45. The zero-order valence-corrected chi connectivity index (χ0v) is 12.6. The minimum absolute atomic E-state index is 0.126. The van der Waals surface area contributed by atoms with E-state index in [-0.39, 0.29) is 11.6 Å². The first-order valence-electron chi connectivity index (χ1n) is 7.55. The quantitative estimate of drug-likeness (QED) is 0.852. The molecule has 2 N–H and O–H groups in total. The second kappa shape index (κ2) is 5.14. The molecule has 2 amide bonds. The van der Waals surface area contributed by atoms with Crippen molar-refractivity contribution in [1.82, 2.24) is 4.90 Å². The molecular weight excluding hydrogens is 238 g/mol. The molecule has 1 aliphatic heterocycles. The summed E-state index contributed by atoms with van der Waals surface area (Å²) in [6.45, 7) is 9.51. The molecule has 0 aromatic heterocycles. The van der Waals surface area contributed by atoms with Crippen molar-refractivity contribution in [3.63, 3.8) is 0 Å². The Balaban J connectivity index is 2.39. The zero-order chi connectivity index (χ0) is 14.2. The van der Waals surface area contributed by atoms with E-state index in [0.717, 1.165) is 25.8 Å². The summed E-state index contributed by atoms with van der Waals surface area (Å²) in [5.41, 5.74) is 5.92. The minimum Gasteiger partial charge on any atom is -0.385 e. The predicted octanol–water partition coefficient (Wildman–Crippen LogP) is 3.02. The molecule has 0 radical (unpaired) electrons. The van der Waals surface area contributed by atoms with Crippen LogP contribution in [0.2, 0.25) is 0 Å². The van der Waals surface area contributed by atoms with Crippen molar-refractivity contribution in [1.29, 1.82) is 0 Å². The van der Waals surface area contributed by atoms with Gasteiger partial charge in [0.1, 0.15) is 11.4 Å². The van der Waals surface area contributed by atoms with Crippen LogP contribution in [0, 0.1) is 17.8 Å². The first-order valence-corrected chi connectivity index (χ1v) is 7.55. The lowest BCUT2D eigenvalue weighted by Gasteiger charge is -2.49. The number of aliphatic imine (C=N–C) groups is 1. The summed E-state index contributed by atoms with van der Waals surface area (Å²) in [6, 6.07) is -0.126. The number of carbonyl (C=O) groups excluding carboxylic acids is 1. The number of rotatable bonds is 3. The number of hydrogen-bond donors (Lipinski definition) is 1. The molecule has 2 unspecified atom stereocenters. The van der Waals surface area contributed by atoms with Crippen LogP contribution in [0.5, 0.6) is 0 Å². The minimum atomic E-state index is -0.298. The van der Waals surface area contributed by atoms with Gasteiger partial charge in [0.05, 0.1) is 0 Å². The fourth-order valence-electron chi connectivity index (χ4n) is 3.90. The van der Waals surface area contributed by atoms with E-state index >= 15 is 0 Å². The van der Waals surface area contributed by atoms with Crippen LogP contribution in [0.1, 0.15) is 53.4 Å². The van der Waals surface area contributed by atoms with Crippen LogP contribution in [0.15, 0.2) is 4.99 Å². The second-order valence-corrected chi connectivity index (χ2v) is 6.80. The van der Waals surface area contributed by atoms with Crippen LogP contribution in [0.3, 0.4) is 0 Å². The molecule has 2 rings (SSSR count). The molecule has 108 valence electrons. The van der Waals surface area contributed by atoms with E-state index in [0.29, 0.717) is 23.6 Å². The topological polar surface area (TPSA) is 58.7 Å². The van der Waals surface area contributed by atoms with Gasteiger partial charge in [0, 0.05) is 6.54 Å². The van der Waals surface area contributed by atoms with E-state index in [1.54, 1.807) is 0 Å². The van der Waals surface area contributed by atoms with Gasteiger partial charge in [0.2, 0.25) is 0 Å². The molecule has 19 heavy (non-hydrogen) atoms. The summed E-state index contributed by atoms with van der Waals surface area (Å²) in [4.78, 5) is 18.3. The van der Waals surface area contributed by atoms with Crippen LogP contribution < -0.4 is 5.73 Å². The standard InChI is InChI=1S/C15H27N3O/c1-10(2)9-18-14(19)17-13(16)15(18)8-6-5-7-12(15)11(3)4/h10-12H,5-9H2,1-4H3,(H2,16,17,19). The molecule has 0 saturated heterocycles. The van der Waals surface area contributed by atoms with Gasteiger partial charge in [-0.2, -0.15) is 4.99 Å². The Morgan fingerprint density at radius 2 is 2.05 bits per heavy atom. The maximum Gasteiger partial charge on any atom is 0.346 e. The highest BCUT2D eigenvalue weighted by atomic mass is 16.2. The lowest BCUT2D eigenvalue weighted by molar-refractivity contribution is 0.0623. The van der Waals surface area contributed by atoms with Gasteiger partial charge in [-0.05, 0) is 30.6 Å². The van der Waals surface area contributed by atoms with Gasteiger partial charge in [-0.1, -0.05) is 40.5 Å². The molecule has 2 aliphatic rings. The lowest BCUT2D eigenvalue weighted by atomic mass is 9.66. The van der Waals surface area contributed by atoms with Crippen molar-refractivity contribution in [3.05, 3.63) is 0 Å². The van der Waals surface area contributed by atoms with Crippen LogP contribution in [-0.2, 0) is 0 Å². The summed E-state index contributed by atoms with van der Waals surface area (Å²) in [6.07, 6.45) is 4.50. The number of hydrogen-bond acceptors (Lipinski definition) is 2. The third-order valence-corrected chi connectivity index (χ3v) is 4.66. The highest BCUT2D eigenvalue weighted by Gasteiger charge is 2.54. The van der Waals surface area contributed by atoms with Crippen molar-refractivity contribution in [2.75, 3.05) is 6.54 Å². The van der Waals surface area contributed by atoms with Gasteiger partial charge < -0.3 is 10.6 Å². The molecule has 1 heterocycles. The number of carbonyl (C=O) groups is 1. The van der Waals surface area contributed by atoms with Crippen molar-refractivity contribution < 1.29 is 4.79 Å². The zero-order valence-electron chi connectivity index (χ0n) is 12.6. The summed E-state index contributed by atoms with van der Waals surface area (Å²) >= 11 is 0. The summed E-state index contributed by atoms with van der Waals surface area (Å²) < 4.78 is 0. The Morgan fingerprint density at radius 1 is 1.37 bits per heavy atom. The Kier molecular flexibility index (Phi) is 3.88. The van der Waals surface area contributed by atoms with Crippen molar-refractivity contribution in [2.45, 2.75) is 58.9 Å². The van der Waals surface area contributed by atoms with Gasteiger partial charge in [0.15, 0.2) is 0 Å². The third kappa shape index (κ3) is 2.26. The van der Waals surface area contributed by atoms with Crippen molar-refractivity contribution in [3.8, 4) is 0 Å². The summed E-state index contributed by atoms with van der Waals surface area (Å²) in [5.74, 6) is 1.97. The molecule has 0 aromatic carbocycles. The van der Waals surface area contributed by atoms with Crippen molar-refractivity contribution >= 4 is 11.9 Å². The molecule has 4 heteroatoms. The normalized spacial score (nSPS) is 31.7. The molecule has 1 fully saturated rings. The highest BCUT2D eigenvalue weighted by molar-refractivity contribution is 6.06. The predicted molar refractivity (Wildman–Crippen MR) is 78.1 cm³/mol. The van der Waals surface area contributed by atoms with E-state index in [1.165, 1.54) is 6.42 Å². The third-order valence-electron chi connectivity index (χ3n) is 4.66. The average Bonchev–Trinajstić information content (AvgIpc) is 2.54. The van der Waals surface area contributed by atoms with E-state index < -0.39 is 0 Å². The lowest BCUT2D eigenvalue weighted by Crippen LogP contribution is -2.62. The first-order chi connectivity index (χ1) is 8.89. The number of amides is 2. The van der Waals surface area contributed by atoms with Gasteiger partial charge >= 0.3 is 6.03 Å².